The van der Waals surface area contributed by atoms with Crippen LogP contribution in [0.1, 0.15) is 0 Å². The van der Waals surface area contributed by atoms with Gasteiger partial charge >= 0.3 is 0 Å². The summed E-state index contributed by atoms with van der Waals surface area (Å²) < 4.78 is 9.53. The third-order valence-corrected chi connectivity index (χ3v) is 29.4. The minimum atomic E-state index is -2.74. The molecule has 4 heterocycles. The predicted octanol–water partition coefficient (Wildman–Crippen LogP) is 27.7. The van der Waals surface area contributed by atoms with Crippen LogP contribution in [0.2, 0.25) is 0 Å². The van der Waals surface area contributed by atoms with Crippen LogP contribution in [-0.4, -0.2) is 26.3 Å². The number of para-hydroxylation sites is 4. The van der Waals surface area contributed by atoms with Gasteiger partial charge in [-0.1, -0.05) is 334 Å². The molecule has 0 amide bonds. The highest BCUT2D eigenvalue weighted by molar-refractivity contribution is 7.20. The molecule has 23 aromatic rings. The summed E-state index contributed by atoms with van der Waals surface area (Å²) in [4.78, 5) is 3.69. The van der Waals surface area contributed by atoms with E-state index < -0.39 is 8.07 Å². The molecule has 0 aliphatic heterocycles. The normalized spacial score (nSPS) is 11.6. The molecule has 0 atom stereocenters. The lowest BCUT2D eigenvalue weighted by Gasteiger charge is -2.34. The Morgan fingerprint density at radius 1 is 0.157 bits per heavy atom. The van der Waals surface area contributed by atoms with E-state index in [-0.39, 0.29) is 0 Å². The van der Waals surface area contributed by atoms with E-state index in [0.29, 0.717) is 5.69 Å². The van der Waals surface area contributed by atoms with Crippen molar-refractivity contribution in [3.63, 3.8) is 0 Å². The second kappa shape index (κ2) is 30.3. The Labute approximate surface area is 703 Å². The fourth-order valence-electron chi connectivity index (χ4n) is 19.0. The Hall–Kier alpha value is -15.9. The van der Waals surface area contributed by atoms with E-state index in [1.54, 1.807) is 0 Å². The van der Waals surface area contributed by atoms with Gasteiger partial charge in [-0.05, 0) is 221 Å². The molecule has 0 spiro atoms. The molecular weight excluding hydrogens is 1480 g/mol. The van der Waals surface area contributed by atoms with E-state index >= 15 is 0 Å². The Morgan fingerprint density at radius 2 is 0.397 bits per heavy atom. The lowest BCUT2D eigenvalue weighted by molar-refractivity contribution is 1.18. The quantitative estimate of drug-likeness (QED) is 0.0589. The second-order valence-electron chi connectivity index (χ2n) is 31.4. The topological polar surface area (TPSA) is 24.1 Å². The number of hydrogen-bond donors (Lipinski definition) is 0. The molecular formula is C115H77N5Si. The number of nitrogens with zero attached hydrogens (tertiary/aromatic N) is 5. The molecule has 0 aliphatic rings. The van der Waals surface area contributed by atoms with Crippen LogP contribution in [0.3, 0.4) is 0 Å². The molecule has 23 rings (SSSR count). The first-order valence-corrected chi connectivity index (χ1v) is 43.4. The molecule has 5 nitrogen and oxygen atoms in total. The Kier molecular flexibility index (Phi) is 17.9. The van der Waals surface area contributed by atoms with Gasteiger partial charge in [0.1, 0.15) is 0 Å². The van der Waals surface area contributed by atoms with Crippen LogP contribution in [0.15, 0.2) is 467 Å². The molecule has 4 aromatic heterocycles. The van der Waals surface area contributed by atoms with E-state index in [9.17, 15) is 0 Å². The van der Waals surface area contributed by atoms with Crippen molar-refractivity contribution in [2.75, 3.05) is 0 Å². The largest absolute Gasteiger partial charge is 0.311 e. The zero-order valence-corrected chi connectivity index (χ0v) is 67.2. The fraction of sp³-hybridized carbons (Fsp3) is 0. The minimum Gasteiger partial charge on any atom is -0.311 e. The van der Waals surface area contributed by atoms with Gasteiger partial charge in [0.25, 0.3) is 0 Å². The Bertz CT molecular complexity index is 7830. The van der Waals surface area contributed by atoms with Crippen molar-refractivity contribution in [3.05, 3.63) is 479 Å². The van der Waals surface area contributed by atoms with Crippen LogP contribution in [0.5, 0.6) is 0 Å². The smallest absolute Gasteiger partial charge is 0.189 e. The molecule has 19 aromatic carbocycles. The van der Waals surface area contributed by atoms with E-state index in [1.807, 2.05) is 18.2 Å². The minimum absolute atomic E-state index is 0.636. The van der Waals surface area contributed by atoms with Crippen LogP contribution in [-0.2, 0) is 0 Å². The van der Waals surface area contributed by atoms with Crippen molar-refractivity contribution in [3.8, 4) is 89.5 Å². The standard InChI is InChI=1S/C66H46N2Si.C49H31N3/c1-5-19-47(20-6-1)49-21-17-22-50(43-49)48-35-39-53(40-36-48)67-63-33-15-13-31-59(63)61-44-51(37-41-65(61)67)52-38-42-66-62(45-52)60-32-14-16-34-64(60)68(66)54-23-18-30-58(46-54)69(55-24-7-2-8-25-55,56-26-9-3-10-27-56)57-28-11-4-12-29-57;1-50-39-15-10-16-41(32-39)52-47-20-8-6-18-43(47)45-31-38(24-28-49(45)52)37-23-27-48-44(30-37)42-17-5-7-19-46(42)51(48)40-25-21-34(22-26-40)36-14-9-13-35(29-36)33-11-3-2-4-12-33/h1-46H;2-32H. The molecule has 0 unspecified atom stereocenters. The first-order valence-electron chi connectivity index (χ1n) is 41.4. The Morgan fingerprint density at radius 3 is 0.736 bits per heavy atom. The van der Waals surface area contributed by atoms with Gasteiger partial charge in [-0.15, -0.1) is 0 Å². The molecule has 566 valence electrons. The zero-order valence-electron chi connectivity index (χ0n) is 66.2. The Balaban J connectivity index is 0.000000151. The van der Waals surface area contributed by atoms with Crippen molar-refractivity contribution < 1.29 is 0 Å². The SMILES string of the molecule is [C-]#[N+]c1cccc(-n2c3ccccc3c3cc(-c4ccc5c(c4)c4ccccc4n5-c4ccc(-c5cccc(-c6ccccc6)c5)cc4)ccc32)c1.c1ccc(-c2cccc(-c3ccc(-n4c5ccccc5c5cc(-c6ccc7c(c6)c6ccccc6n7-c6cccc([Si](c7ccccc7)(c7ccccc7)c7ccccc7)c6)ccc54)cc3)c2)cc1. The monoisotopic (exact) mass is 1560 g/mol. The number of aromatic nitrogens is 4. The zero-order chi connectivity index (χ0) is 80.3. The van der Waals surface area contributed by atoms with Gasteiger partial charge in [-0.2, -0.15) is 0 Å². The summed E-state index contributed by atoms with van der Waals surface area (Å²) in [6.45, 7) is 7.56. The molecule has 0 radical (unpaired) electrons. The fourth-order valence-corrected chi connectivity index (χ4v) is 23.8. The van der Waals surface area contributed by atoms with E-state index in [2.05, 4.69) is 472 Å². The number of hydrogen-bond acceptors (Lipinski definition) is 0. The van der Waals surface area contributed by atoms with Gasteiger partial charge in [0.15, 0.2) is 13.8 Å². The summed E-state index contributed by atoms with van der Waals surface area (Å²) in [7, 11) is -2.74. The van der Waals surface area contributed by atoms with Crippen molar-refractivity contribution in [2.24, 2.45) is 0 Å². The van der Waals surface area contributed by atoms with Gasteiger partial charge in [0.05, 0.1) is 50.7 Å². The average Bonchev–Trinajstić information content (AvgIpc) is 1.73. The van der Waals surface area contributed by atoms with Gasteiger partial charge in [0.2, 0.25) is 0 Å². The molecule has 121 heavy (non-hydrogen) atoms. The number of benzene rings is 19. The van der Waals surface area contributed by atoms with Crippen molar-refractivity contribution in [1.29, 1.82) is 0 Å². The number of fused-ring (bicyclic) bond motifs is 12. The highest BCUT2D eigenvalue weighted by Crippen LogP contribution is 2.43. The highest BCUT2D eigenvalue weighted by atomic mass is 28.3. The summed E-state index contributed by atoms with van der Waals surface area (Å²) in [5.41, 5.74) is 28.9. The molecule has 6 heteroatoms. The van der Waals surface area contributed by atoms with Crippen LogP contribution in [0.4, 0.5) is 5.69 Å². The summed E-state index contributed by atoms with van der Waals surface area (Å²) in [6.07, 6.45) is 0. The van der Waals surface area contributed by atoms with Gasteiger partial charge in [0, 0.05) is 65.8 Å². The van der Waals surface area contributed by atoms with E-state index in [0.717, 1.165) is 33.8 Å². The third-order valence-electron chi connectivity index (χ3n) is 24.6. The molecule has 0 saturated carbocycles. The van der Waals surface area contributed by atoms with Crippen molar-refractivity contribution in [1.82, 2.24) is 18.3 Å². The maximum atomic E-state index is 7.56. The maximum absolute atomic E-state index is 7.56. The molecule has 0 N–H and O–H groups in total. The van der Waals surface area contributed by atoms with Crippen LogP contribution >= 0.6 is 0 Å². The summed E-state index contributed by atoms with van der Waals surface area (Å²) in [5, 5.41) is 15.3. The van der Waals surface area contributed by atoms with Gasteiger partial charge < -0.3 is 18.3 Å². The van der Waals surface area contributed by atoms with Gasteiger partial charge in [-0.25, -0.2) is 4.85 Å². The van der Waals surface area contributed by atoms with E-state index in [1.165, 1.54) is 164 Å². The predicted molar refractivity (Wildman–Crippen MR) is 513 cm³/mol. The average molecular weight is 1560 g/mol. The lowest BCUT2D eigenvalue weighted by Crippen LogP contribution is -2.74. The van der Waals surface area contributed by atoms with Crippen molar-refractivity contribution >= 4 is 122 Å². The lowest BCUT2D eigenvalue weighted by atomic mass is 9.99. The van der Waals surface area contributed by atoms with Crippen LogP contribution in [0, 0.1) is 6.57 Å². The van der Waals surface area contributed by atoms with Crippen LogP contribution in [0.25, 0.3) is 182 Å². The first-order chi connectivity index (χ1) is 59.9. The number of rotatable bonds is 14. The third kappa shape index (κ3) is 12.5. The molecule has 0 bridgehead atoms. The molecule has 0 fully saturated rings. The highest BCUT2D eigenvalue weighted by Gasteiger charge is 2.41. The summed E-state index contributed by atoms with van der Waals surface area (Å²) in [6, 6.07) is 170. The summed E-state index contributed by atoms with van der Waals surface area (Å²) in [5.74, 6) is 0. The second-order valence-corrected chi connectivity index (χ2v) is 35.2. The van der Waals surface area contributed by atoms with Gasteiger partial charge in [-0.3, -0.25) is 0 Å². The van der Waals surface area contributed by atoms with E-state index in [4.69, 9.17) is 6.57 Å². The van der Waals surface area contributed by atoms with Crippen LogP contribution < -0.4 is 20.7 Å². The van der Waals surface area contributed by atoms with Crippen molar-refractivity contribution in [2.45, 2.75) is 0 Å². The molecule has 0 saturated heterocycles. The molecule has 0 aliphatic carbocycles. The summed E-state index contributed by atoms with van der Waals surface area (Å²) >= 11 is 0. The first kappa shape index (κ1) is 71.6. The maximum Gasteiger partial charge on any atom is 0.189 e.